The van der Waals surface area contributed by atoms with Gasteiger partial charge in [-0.2, -0.15) is 17.9 Å². The molecule has 9 heteroatoms. The summed E-state index contributed by atoms with van der Waals surface area (Å²) >= 11 is 0. The average Bonchev–Trinajstić information content (AvgIpc) is 2.64. The van der Waals surface area contributed by atoms with Crippen LogP contribution in [0.25, 0.3) is 0 Å². The van der Waals surface area contributed by atoms with Crippen molar-refractivity contribution in [3.63, 3.8) is 0 Å². The molecule has 1 aromatic heterocycles. The molecule has 1 aromatic rings. The van der Waals surface area contributed by atoms with Crippen LogP contribution in [-0.2, 0) is 16.6 Å². The quantitative estimate of drug-likeness (QED) is 0.833. The molecular weight excluding hydrogens is 261 g/mol. The van der Waals surface area contributed by atoms with Crippen LogP contribution in [0.4, 0.5) is 13.2 Å². The Bertz CT molecular complexity index is 467. The zero-order chi connectivity index (χ0) is 13.1. The molecule has 1 rings (SSSR count). The van der Waals surface area contributed by atoms with E-state index in [4.69, 9.17) is 4.42 Å². The third-order valence-electron chi connectivity index (χ3n) is 1.72. The van der Waals surface area contributed by atoms with Crippen LogP contribution in [0.2, 0.25) is 0 Å². The molecule has 0 saturated heterocycles. The van der Waals surface area contributed by atoms with E-state index in [-0.39, 0.29) is 6.54 Å². The third-order valence-corrected chi connectivity index (χ3v) is 2.99. The topological polar surface area (TPSA) is 71.3 Å². The molecule has 17 heavy (non-hydrogen) atoms. The molecule has 0 spiro atoms. The van der Waals surface area contributed by atoms with Crippen LogP contribution in [0, 0.1) is 0 Å². The molecule has 0 radical (unpaired) electrons. The molecule has 0 unspecified atom stereocenters. The lowest BCUT2D eigenvalue weighted by atomic mass is 10.4. The van der Waals surface area contributed by atoms with E-state index in [1.807, 2.05) is 0 Å². The number of hydrogen-bond donors (Lipinski definition) is 2. The molecule has 0 aliphatic heterocycles. The summed E-state index contributed by atoms with van der Waals surface area (Å²) in [6, 6.07) is 2.48. The summed E-state index contributed by atoms with van der Waals surface area (Å²) < 4.78 is 64.6. The van der Waals surface area contributed by atoms with Crippen LogP contribution in [-0.4, -0.2) is 28.2 Å². The van der Waals surface area contributed by atoms with Gasteiger partial charge < -0.3 is 9.73 Å². The van der Waals surface area contributed by atoms with Gasteiger partial charge in [0.2, 0.25) is 5.09 Å². The van der Waals surface area contributed by atoms with Gasteiger partial charge in [-0.05, 0) is 19.2 Å². The van der Waals surface area contributed by atoms with Crippen LogP contribution >= 0.6 is 0 Å². The van der Waals surface area contributed by atoms with Crippen LogP contribution in [0.1, 0.15) is 5.76 Å². The van der Waals surface area contributed by atoms with Gasteiger partial charge in [-0.1, -0.05) is 0 Å². The highest BCUT2D eigenvalue weighted by Crippen LogP contribution is 2.17. The molecule has 0 atom stereocenters. The maximum atomic E-state index is 11.9. The molecule has 5 nitrogen and oxygen atoms in total. The zero-order valence-corrected chi connectivity index (χ0v) is 9.65. The van der Waals surface area contributed by atoms with Gasteiger partial charge in [0.15, 0.2) is 0 Å². The molecule has 0 saturated carbocycles. The fourth-order valence-electron chi connectivity index (χ4n) is 1.02. The van der Waals surface area contributed by atoms with Gasteiger partial charge in [-0.15, -0.1) is 0 Å². The lowest BCUT2D eigenvalue weighted by Gasteiger charge is -2.07. The summed E-state index contributed by atoms with van der Waals surface area (Å²) in [5.74, 6) is 0.319. The fraction of sp³-hybridized carbons (Fsp3) is 0.500. The summed E-state index contributed by atoms with van der Waals surface area (Å²) in [5, 5.41) is 2.18. The minimum atomic E-state index is -4.60. The molecule has 2 N–H and O–H groups in total. The van der Waals surface area contributed by atoms with Crippen LogP contribution in [0.3, 0.4) is 0 Å². The monoisotopic (exact) mass is 272 g/mol. The van der Waals surface area contributed by atoms with E-state index < -0.39 is 27.8 Å². The Morgan fingerprint density at radius 1 is 1.35 bits per heavy atom. The maximum absolute atomic E-state index is 11.9. The lowest BCUT2D eigenvalue weighted by molar-refractivity contribution is -0.121. The number of nitrogens with one attached hydrogen (secondary N) is 2. The third kappa shape index (κ3) is 4.36. The van der Waals surface area contributed by atoms with Crippen molar-refractivity contribution in [3.8, 4) is 0 Å². The first-order valence-electron chi connectivity index (χ1n) is 4.54. The summed E-state index contributed by atoms with van der Waals surface area (Å²) in [4.78, 5) is 0. The van der Waals surface area contributed by atoms with Crippen molar-refractivity contribution < 1.29 is 26.0 Å². The fourth-order valence-corrected chi connectivity index (χ4v) is 1.98. The summed E-state index contributed by atoms with van der Waals surface area (Å²) in [6.45, 7) is -1.34. The Balaban J connectivity index is 2.75. The Hall–Kier alpha value is -1.06. The van der Waals surface area contributed by atoms with E-state index in [9.17, 15) is 21.6 Å². The predicted molar refractivity (Wildman–Crippen MR) is 52.7 cm³/mol. The molecule has 0 aliphatic rings. The number of halogens is 3. The van der Waals surface area contributed by atoms with Gasteiger partial charge >= 0.3 is 6.18 Å². The Kier molecular flexibility index (Phi) is 4.17. The standard InChI is InChI=1S/C8H11F3N2O3S/c1-12-4-6-2-3-7(16-6)17(14,15)13-5-8(9,10)11/h2-3,12-13H,4-5H2,1H3. The van der Waals surface area contributed by atoms with E-state index in [2.05, 4.69) is 5.32 Å². The number of alkyl halides is 3. The largest absolute Gasteiger partial charge is 0.447 e. The lowest BCUT2D eigenvalue weighted by Crippen LogP contribution is -2.33. The smallest absolute Gasteiger partial charge is 0.402 e. The molecule has 0 bridgehead atoms. The van der Waals surface area contributed by atoms with Gasteiger partial charge in [-0.25, -0.2) is 8.42 Å². The van der Waals surface area contributed by atoms with Crippen molar-refractivity contribution in [1.29, 1.82) is 0 Å². The molecule has 0 aromatic carbocycles. The van der Waals surface area contributed by atoms with Gasteiger partial charge in [-0.3, -0.25) is 0 Å². The van der Waals surface area contributed by atoms with E-state index in [1.54, 1.807) is 7.05 Å². The Labute approximate surface area is 96.0 Å². The average molecular weight is 272 g/mol. The second-order valence-electron chi connectivity index (χ2n) is 3.19. The van der Waals surface area contributed by atoms with E-state index >= 15 is 0 Å². The molecule has 98 valence electrons. The first-order chi connectivity index (χ1) is 7.74. The molecule has 0 fully saturated rings. The normalized spacial score (nSPS) is 12.9. The zero-order valence-electron chi connectivity index (χ0n) is 8.84. The summed E-state index contributed by atoms with van der Waals surface area (Å²) in [7, 11) is -2.63. The number of rotatable bonds is 5. The van der Waals surface area contributed by atoms with Crippen molar-refractivity contribution in [2.24, 2.45) is 0 Å². The van der Waals surface area contributed by atoms with E-state index in [0.29, 0.717) is 5.76 Å². The highest BCUT2D eigenvalue weighted by Gasteiger charge is 2.31. The van der Waals surface area contributed by atoms with Crippen molar-refractivity contribution in [2.75, 3.05) is 13.6 Å². The van der Waals surface area contributed by atoms with Gasteiger partial charge in [0.25, 0.3) is 10.0 Å². The van der Waals surface area contributed by atoms with Gasteiger partial charge in [0.1, 0.15) is 12.3 Å². The molecule has 0 amide bonds. The Morgan fingerprint density at radius 2 is 2.00 bits per heavy atom. The van der Waals surface area contributed by atoms with Gasteiger partial charge in [0, 0.05) is 0 Å². The van der Waals surface area contributed by atoms with Crippen molar-refractivity contribution >= 4 is 10.0 Å². The Morgan fingerprint density at radius 3 is 2.53 bits per heavy atom. The SMILES string of the molecule is CNCc1ccc(S(=O)(=O)NCC(F)(F)F)o1. The number of furan rings is 1. The second kappa shape index (κ2) is 5.07. The highest BCUT2D eigenvalue weighted by atomic mass is 32.2. The van der Waals surface area contributed by atoms with Crippen LogP contribution in [0.5, 0.6) is 0 Å². The number of hydrogen-bond acceptors (Lipinski definition) is 4. The maximum Gasteiger partial charge on any atom is 0.402 e. The molecular formula is C8H11F3N2O3S. The molecule has 0 aliphatic carbocycles. The van der Waals surface area contributed by atoms with Crippen molar-refractivity contribution in [1.82, 2.24) is 10.0 Å². The summed E-state index contributed by atoms with van der Waals surface area (Å²) in [6.07, 6.45) is -4.60. The first kappa shape index (κ1) is 14.0. The van der Waals surface area contributed by atoms with Crippen LogP contribution < -0.4 is 10.0 Å². The van der Waals surface area contributed by atoms with Crippen molar-refractivity contribution in [2.45, 2.75) is 17.8 Å². The second-order valence-corrected chi connectivity index (χ2v) is 4.89. The highest BCUT2D eigenvalue weighted by molar-refractivity contribution is 7.89. The molecule has 1 heterocycles. The number of sulfonamides is 1. The van der Waals surface area contributed by atoms with Gasteiger partial charge in [0.05, 0.1) is 6.54 Å². The predicted octanol–water partition coefficient (Wildman–Crippen LogP) is 0.840. The van der Waals surface area contributed by atoms with E-state index in [0.717, 1.165) is 6.07 Å². The van der Waals surface area contributed by atoms with E-state index in [1.165, 1.54) is 10.8 Å². The first-order valence-corrected chi connectivity index (χ1v) is 6.02. The van der Waals surface area contributed by atoms with Crippen LogP contribution in [0.15, 0.2) is 21.6 Å². The minimum absolute atomic E-state index is 0.286. The summed E-state index contributed by atoms with van der Waals surface area (Å²) in [5.41, 5.74) is 0. The van der Waals surface area contributed by atoms with Crippen molar-refractivity contribution in [3.05, 3.63) is 17.9 Å². The minimum Gasteiger partial charge on any atom is -0.447 e.